The van der Waals surface area contributed by atoms with Crippen molar-refractivity contribution in [3.63, 3.8) is 0 Å². The van der Waals surface area contributed by atoms with E-state index in [1.54, 1.807) is 0 Å². The van der Waals surface area contributed by atoms with Crippen molar-refractivity contribution in [2.45, 2.75) is 43.8 Å². The van der Waals surface area contributed by atoms with Crippen LogP contribution in [0.4, 0.5) is 13.2 Å². The van der Waals surface area contributed by atoms with Crippen molar-refractivity contribution < 1.29 is 18.0 Å². The Bertz CT molecular complexity index is 699. The summed E-state index contributed by atoms with van der Waals surface area (Å²) in [4.78, 5) is 15.5. The number of benzene rings is 1. The van der Waals surface area contributed by atoms with Gasteiger partial charge in [0.15, 0.2) is 0 Å². The Hall–Kier alpha value is -2.38. The van der Waals surface area contributed by atoms with E-state index in [0.717, 1.165) is 18.4 Å². The second-order valence-corrected chi connectivity index (χ2v) is 5.85. The molecule has 128 valence electrons. The number of hydrogen-bond acceptors (Lipinski definition) is 3. The van der Waals surface area contributed by atoms with Gasteiger partial charge in [-0.1, -0.05) is 36.8 Å². The van der Waals surface area contributed by atoms with E-state index in [4.69, 9.17) is 0 Å². The first kappa shape index (κ1) is 16.5. The van der Waals surface area contributed by atoms with Crippen LogP contribution in [0, 0.1) is 0 Å². The summed E-state index contributed by atoms with van der Waals surface area (Å²) in [6, 6.07) is 8.75. The molecule has 1 aliphatic rings. The van der Waals surface area contributed by atoms with Crippen molar-refractivity contribution in [1.82, 2.24) is 20.5 Å². The van der Waals surface area contributed by atoms with E-state index < -0.39 is 17.9 Å². The molecule has 2 unspecified atom stereocenters. The fourth-order valence-electron chi connectivity index (χ4n) is 3.03. The Balaban J connectivity index is 1.99. The number of hydrogen-bond donors (Lipinski definition) is 2. The molecule has 0 bridgehead atoms. The molecule has 2 N–H and O–H groups in total. The topological polar surface area (TPSA) is 70.7 Å². The highest BCUT2D eigenvalue weighted by atomic mass is 19.4. The third-order valence-electron chi connectivity index (χ3n) is 4.13. The number of alkyl halides is 3. The van der Waals surface area contributed by atoms with Crippen molar-refractivity contribution >= 4 is 5.91 Å². The molecular weight excluding hydrogens is 321 g/mol. The largest absolute Gasteiger partial charge is 0.453 e. The zero-order chi connectivity index (χ0) is 17.2. The van der Waals surface area contributed by atoms with Gasteiger partial charge in [-0.3, -0.25) is 9.89 Å². The normalized spacial score (nSPS) is 20.3. The molecule has 1 aromatic heterocycles. The molecule has 0 saturated carbocycles. The Morgan fingerprint density at radius 3 is 2.58 bits per heavy atom. The number of aromatic nitrogens is 3. The number of rotatable bonds is 3. The Labute approximate surface area is 136 Å². The minimum absolute atomic E-state index is 0.0889. The summed E-state index contributed by atoms with van der Waals surface area (Å²) in [7, 11) is 0. The summed E-state index contributed by atoms with van der Waals surface area (Å²) in [5.74, 6) is -1.68. The third-order valence-corrected chi connectivity index (χ3v) is 4.13. The standard InChI is InChI=1S/C16H17F3N4O/c17-16(18,19)15-21-14(22-23-15)13(10-6-2-1-3-7-10)11-8-4-5-9-12(24)20-11/h1-3,6-7,11,13H,4-5,8-9H2,(H,20,24)(H,21,22,23). The number of nitrogens with zero attached hydrogens (tertiary/aromatic N) is 2. The quantitative estimate of drug-likeness (QED) is 0.904. The van der Waals surface area contributed by atoms with Crippen molar-refractivity contribution in [2.75, 3.05) is 0 Å². The predicted molar refractivity (Wildman–Crippen MR) is 80.1 cm³/mol. The van der Waals surface area contributed by atoms with Crippen LogP contribution < -0.4 is 5.32 Å². The van der Waals surface area contributed by atoms with Crippen molar-refractivity contribution in [3.8, 4) is 0 Å². The van der Waals surface area contributed by atoms with Crippen LogP contribution in [0.2, 0.25) is 0 Å². The lowest BCUT2D eigenvalue weighted by Gasteiger charge is -2.25. The first-order valence-corrected chi connectivity index (χ1v) is 7.79. The number of H-pyrrole nitrogens is 1. The lowest BCUT2D eigenvalue weighted by molar-refractivity contribution is -0.144. The first-order valence-electron chi connectivity index (χ1n) is 7.79. The molecule has 0 spiro atoms. The zero-order valence-corrected chi connectivity index (χ0v) is 12.8. The van der Waals surface area contributed by atoms with Gasteiger partial charge in [-0.2, -0.15) is 13.2 Å². The Morgan fingerprint density at radius 1 is 1.17 bits per heavy atom. The fraction of sp³-hybridized carbons (Fsp3) is 0.438. The Morgan fingerprint density at radius 2 is 1.92 bits per heavy atom. The predicted octanol–water partition coefficient (Wildman–Crippen LogP) is 3.01. The van der Waals surface area contributed by atoms with E-state index >= 15 is 0 Å². The number of carbonyl (C=O) groups excluding carboxylic acids is 1. The summed E-state index contributed by atoms with van der Waals surface area (Å²) in [5, 5.41) is 8.62. The molecule has 5 nitrogen and oxygen atoms in total. The van der Waals surface area contributed by atoms with E-state index in [1.165, 1.54) is 0 Å². The second-order valence-electron chi connectivity index (χ2n) is 5.85. The van der Waals surface area contributed by atoms with Gasteiger partial charge >= 0.3 is 6.18 Å². The highest BCUT2D eigenvalue weighted by Crippen LogP contribution is 2.32. The summed E-state index contributed by atoms with van der Waals surface area (Å²) < 4.78 is 38.5. The van der Waals surface area contributed by atoms with Crippen molar-refractivity contribution in [2.24, 2.45) is 0 Å². The van der Waals surface area contributed by atoms with E-state index in [2.05, 4.69) is 20.5 Å². The van der Waals surface area contributed by atoms with Crippen molar-refractivity contribution in [1.29, 1.82) is 0 Å². The van der Waals surface area contributed by atoms with Gasteiger partial charge in [-0.25, -0.2) is 4.98 Å². The van der Waals surface area contributed by atoms with Gasteiger partial charge in [0.25, 0.3) is 5.82 Å². The molecule has 2 atom stereocenters. The number of nitrogens with one attached hydrogen (secondary N) is 2. The van der Waals surface area contributed by atoms with Crippen molar-refractivity contribution in [3.05, 3.63) is 47.5 Å². The monoisotopic (exact) mass is 338 g/mol. The van der Waals surface area contributed by atoms with Gasteiger partial charge in [-0.05, 0) is 18.4 Å². The van der Waals surface area contributed by atoms with Gasteiger partial charge < -0.3 is 5.32 Å². The Kier molecular flexibility index (Phi) is 4.55. The molecule has 0 aliphatic carbocycles. The fourth-order valence-corrected chi connectivity index (χ4v) is 3.03. The molecule has 1 aromatic carbocycles. The summed E-state index contributed by atoms with van der Waals surface area (Å²) in [6.07, 6.45) is -1.90. The number of amides is 1. The van der Waals surface area contributed by atoms with Crippen LogP contribution in [-0.4, -0.2) is 27.1 Å². The lowest BCUT2D eigenvalue weighted by atomic mass is 9.88. The van der Waals surface area contributed by atoms with Crippen LogP contribution in [0.25, 0.3) is 0 Å². The molecule has 1 saturated heterocycles. The van der Waals surface area contributed by atoms with E-state index in [9.17, 15) is 18.0 Å². The van der Waals surface area contributed by atoms with Gasteiger partial charge in [0, 0.05) is 12.5 Å². The maximum Gasteiger partial charge on any atom is 0.453 e. The van der Waals surface area contributed by atoms with Crippen LogP contribution in [0.3, 0.4) is 0 Å². The van der Waals surface area contributed by atoms with Gasteiger partial charge in [0.2, 0.25) is 5.91 Å². The molecule has 24 heavy (non-hydrogen) atoms. The van der Waals surface area contributed by atoms with Crippen LogP contribution >= 0.6 is 0 Å². The lowest BCUT2D eigenvalue weighted by Crippen LogP contribution is -2.38. The summed E-state index contributed by atoms with van der Waals surface area (Å²) in [6.45, 7) is 0. The van der Waals surface area contributed by atoms with Gasteiger partial charge in [0.1, 0.15) is 5.82 Å². The molecule has 0 radical (unpaired) electrons. The maximum absolute atomic E-state index is 12.8. The average Bonchev–Trinajstić information content (AvgIpc) is 2.93. The van der Waals surface area contributed by atoms with Crippen LogP contribution in [0.15, 0.2) is 30.3 Å². The molecule has 2 aromatic rings. The van der Waals surface area contributed by atoms with Crippen LogP contribution in [0.5, 0.6) is 0 Å². The third kappa shape index (κ3) is 3.58. The highest BCUT2D eigenvalue weighted by molar-refractivity contribution is 5.76. The molecular formula is C16H17F3N4O. The SMILES string of the molecule is O=C1CCCCC(C(c2ccccc2)c2nc(C(F)(F)F)n[nH]2)N1. The summed E-state index contributed by atoms with van der Waals surface area (Å²) >= 11 is 0. The average molecular weight is 338 g/mol. The van der Waals surface area contributed by atoms with Gasteiger partial charge in [0.05, 0.1) is 5.92 Å². The minimum atomic E-state index is -4.61. The first-order chi connectivity index (χ1) is 11.4. The smallest absolute Gasteiger partial charge is 0.352 e. The number of halogens is 3. The second kappa shape index (κ2) is 6.62. The molecule has 1 fully saturated rings. The van der Waals surface area contributed by atoms with Crippen LogP contribution in [0.1, 0.15) is 48.8 Å². The molecule has 2 heterocycles. The minimum Gasteiger partial charge on any atom is -0.352 e. The van der Waals surface area contributed by atoms with E-state index in [1.807, 2.05) is 30.3 Å². The van der Waals surface area contributed by atoms with E-state index in [-0.39, 0.29) is 17.8 Å². The highest BCUT2D eigenvalue weighted by Gasteiger charge is 2.38. The molecule has 1 amide bonds. The van der Waals surface area contributed by atoms with Gasteiger partial charge in [-0.15, -0.1) is 5.10 Å². The number of aromatic amines is 1. The molecule has 1 aliphatic heterocycles. The van der Waals surface area contributed by atoms with E-state index in [0.29, 0.717) is 12.8 Å². The maximum atomic E-state index is 12.8. The van der Waals surface area contributed by atoms with Crippen LogP contribution in [-0.2, 0) is 11.0 Å². The number of carbonyl (C=O) groups is 1. The zero-order valence-electron chi connectivity index (χ0n) is 12.8. The summed E-state index contributed by atoms with van der Waals surface area (Å²) in [5.41, 5.74) is 0.787. The molecule has 3 rings (SSSR count). The molecule has 8 heteroatoms.